The van der Waals surface area contributed by atoms with Gasteiger partial charge in [-0.15, -0.1) is 0 Å². The van der Waals surface area contributed by atoms with E-state index in [0.29, 0.717) is 31.7 Å². The van der Waals surface area contributed by atoms with Gasteiger partial charge >= 0.3 is 6.09 Å². The van der Waals surface area contributed by atoms with E-state index in [1.807, 2.05) is 11.8 Å². The molecule has 34 heavy (non-hydrogen) atoms. The van der Waals surface area contributed by atoms with E-state index in [9.17, 15) is 18.8 Å². The van der Waals surface area contributed by atoms with E-state index in [4.69, 9.17) is 16.3 Å². The van der Waals surface area contributed by atoms with Crippen molar-refractivity contribution in [1.29, 1.82) is 0 Å². The SMILES string of the molecule is CC1(NC(=O)OC(C)(C)C)CCN(c2cc(=O)[nH]c(NNC(=O)c3cccc(Cl)c3F)n2)CC1. The average molecular weight is 495 g/mol. The van der Waals surface area contributed by atoms with Crippen molar-refractivity contribution < 1.29 is 18.7 Å². The first kappa shape index (κ1) is 25.3. The fourth-order valence-electron chi connectivity index (χ4n) is 3.43. The number of hydrogen-bond acceptors (Lipinski definition) is 7. The number of nitrogens with one attached hydrogen (secondary N) is 4. The normalized spacial score (nSPS) is 15.4. The monoisotopic (exact) mass is 494 g/mol. The summed E-state index contributed by atoms with van der Waals surface area (Å²) in [6.45, 7) is 8.41. The van der Waals surface area contributed by atoms with E-state index in [1.54, 1.807) is 20.8 Å². The molecular formula is C22H28ClFN6O4. The van der Waals surface area contributed by atoms with Gasteiger partial charge in [0.1, 0.15) is 11.4 Å². The maximum absolute atomic E-state index is 14.0. The van der Waals surface area contributed by atoms with Gasteiger partial charge in [0.25, 0.3) is 11.5 Å². The van der Waals surface area contributed by atoms with Crippen LogP contribution in [0.3, 0.4) is 0 Å². The summed E-state index contributed by atoms with van der Waals surface area (Å²) >= 11 is 5.71. The lowest BCUT2D eigenvalue weighted by Crippen LogP contribution is -2.54. The standard InChI is InChI=1S/C22H28ClFN6O4/c1-21(2,3)34-20(33)27-22(4)8-10-30(11-9-22)15-12-16(31)26-19(25-15)29-28-18(32)13-6-5-7-14(23)17(13)24/h5-7,12H,8-11H2,1-4H3,(H,27,33)(H,28,32)(H2,25,26,29,31). The fourth-order valence-corrected chi connectivity index (χ4v) is 3.61. The molecule has 1 aromatic carbocycles. The summed E-state index contributed by atoms with van der Waals surface area (Å²) in [6, 6.07) is 5.40. The number of amides is 2. The number of hydrazine groups is 1. The Morgan fingerprint density at radius 1 is 1.26 bits per heavy atom. The van der Waals surface area contributed by atoms with Crippen molar-refractivity contribution in [1.82, 2.24) is 20.7 Å². The molecule has 0 saturated carbocycles. The third kappa shape index (κ3) is 6.60. The molecule has 2 amide bonds. The number of H-pyrrole nitrogens is 1. The number of anilines is 2. The molecule has 10 nitrogen and oxygen atoms in total. The quantitative estimate of drug-likeness (QED) is 0.470. The molecular weight excluding hydrogens is 467 g/mol. The van der Waals surface area contributed by atoms with Gasteiger partial charge in [0.15, 0.2) is 5.82 Å². The average Bonchev–Trinajstić information content (AvgIpc) is 2.72. The molecule has 2 aromatic rings. The first-order valence-corrected chi connectivity index (χ1v) is 11.1. The fraction of sp³-hybridized carbons (Fsp3) is 0.455. The lowest BCUT2D eigenvalue weighted by Gasteiger charge is -2.40. The van der Waals surface area contributed by atoms with E-state index < -0.39 is 34.5 Å². The topological polar surface area (TPSA) is 128 Å². The molecule has 0 bridgehead atoms. The molecule has 0 radical (unpaired) electrons. The van der Waals surface area contributed by atoms with Crippen LogP contribution >= 0.6 is 11.6 Å². The largest absolute Gasteiger partial charge is 0.444 e. The van der Waals surface area contributed by atoms with Crippen molar-refractivity contribution in [3.05, 3.63) is 51.0 Å². The lowest BCUT2D eigenvalue weighted by molar-refractivity contribution is 0.0448. The molecule has 0 atom stereocenters. The Balaban J connectivity index is 1.62. The second kappa shape index (κ2) is 9.88. The smallest absolute Gasteiger partial charge is 0.408 e. The van der Waals surface area contributed by atoms with Crippen LogP contribution in [0.25, 0.3) is 0 Å². The highest BCUT2D eigenvalue weighted by Gasteiger charge is 2.33. The zero-order valence-electron chi connectivity index (χ0n) is 19.4. The number of carbonyl (C=O) groups excluding carboxylic acids is 2. The van der Waals surface area contributed by atoms with Gasteiger partial charge in [-0.05, 0) is 52.7 Å². The summed E-state index contributed by atoms with van der Waals surface area (Å²) < 4.78 is 19.4. The van der Waals surface area contributed by atoms with Gasteiger partial charge in [-0.2, -0.15) is 4.98 Å². The van der Waals surface area contributed by atoms with E-state index in [-0.39, 0.29) is 16.5 Å². The van der Waals surface area contributed by atoms with Crippen LogP contribution in [0.4, 0.5) is 21.0 Å². The number of rotatable bonds is 5. The van der Waals surface area contributed by atoms with Crippen molar-refractivity contribution in [2.45, 2.75) is 51.7 Å². The predicted molar refractivity (Wildman–Crippen MR) is 127 cm³/mol. The molecule has 3 rings (SSSR count). The number of aromatic nitrogens is 2. The number of carbonyl (C=O) groups is 2. The van der Waals surface area contributed by atoms with Crippen molar-refractivity contribution in [2.24, 2.45) is 0 Å². The summed E-state index contributed by atoms with van der Waals surface area (Å²) in [5, 5.41) is 2.75. The van der Waals surface area contributed by atoms with E-state index in [1.165, 1.54) is 24.3 Å². The number of benzene rings is 1. The Kier molecular flexibility index (Phi) is 7.35. The van der Waals surface area contributed by atoms with Gasteiger partial charge in [0.2, 0.25) is 5.95 Å². The summed E-state index contributed by atoms with van der Waals surface area (Å²) in [5.41, 5.74) is 3.05. The van der Waals surface area contributed by atoms with Crippen molar-refractivity contribution >= 4 is 35.4 Å². The highest BCUT2D eigenvalue weighted by Crippen LogP contribution is 2.25. The van der Waals surface area contributed by atoms with Gasteiger partial charge in [-0.3, -0.25) is 25.4 Å². The number of hydrogen-bond donors (Lipinski definition) is 4. The third-order valence-corrected chi connectivity index (χ3v) is 5.50. The van der Waals surface area contributed by atoms with Crippen LogP contribution < -0.4 is 26.6 Å². The van der Waals surface area contributed by atoms with Crippen LogP contribution in [0, 0.1) is 5.82 Å². The van der Waals surface area contributed by atoms with E-state index in [2.05, 4.69) is 26.1 Å². The number of nitrogens with zero attached hydrogens (tertiary/aromatic N) is 2. The van der Waals surface area contributed by atoms with Crippen molar-refractivity contribution in [3.8, 4) is 0 Å². The molecule has 0 spiro atoms. The van der Waals surface area contributed by atoms with Gasteiger partial charge in [-0.1, -0.05) is 17.7 Å². The minimum Gasteiger partial charge on any atom is -0.444 e. The van der Waals surface area contributed by atoms with Gasteiger partial charge in [0.05, 0.1) is 10.6 Å². The summed E-state index contributed by atoms with van der Waals surface area (Å²) in [4.78, 5) is 45.3. The van der Waals surface area contributed by atoms with Crippen LogP contribution in [-0.4, -0.2) is 46.2 Å². The highest BCUT2D eigenvalue weighted by molar-refractivity contribution is 6.31. The maximum atomic E-state index is 14.0. The molecule has 4 N–H and O–H groups in total. The molecule has 12 heteroatoms. The van der Waals surface area contributed by atoms with Gasteiger partial charge in [-0.25, -0.2) is 9.18 Å². The minimum atomic E-state index is -0.852. The summed E-state index contributed by atoms with van der Waals surface area (Å²) in [7, 11) is 0. The van der Waals surface area contributed by atoms with Crippen molar-refractivity contribution in [2.75, 3.05) is 23.4 Å². The van der Waals surface area contributed by atoms with Crippen LogP contribution in [0.5, 0.6) is 0 Å². The van der Waals surface area contributed by atoms with Crippen LogP contribution in [0.2, 0.25) is 5.02 Å². The molecule has 1 saturated heterocycles. The maximum Gasteiger partial charge on any atom is 0.408 e. The zero-order chi connectivity index (χ0) is 25.1. The molecule has 1 aliphatic heterocycles. The second-order valence-corrected chi connectivity index (χ2v) is 9.71. The molecule has 1 aliphatic rings. The lowest BCUT2D eigenvalue weighted by atomic mass is 9.90. The van der Waals surface area contributed by atoms with E-state index >= 15 is 0 Å². The third-order valence-electron chi connectivity index (χ3n) is 5.21. The Bertz CT molecular complexity index is 1130. The molecule has 1 aromatic heterocycles. The van der Waals surface area contributed by atoms with E-state index in [0.717, 1.165) is 0 Å². The van der Waals surface area contributed by atoms with Crippen LogP contribution in [0.1, 0.15) is 50.9 Å². The predicted octanol–water partition coefficient (Wildman–Crippen LogP) is 3.20. The molecule has 0 aliphatic carbocycles. The first-order valence-electron chi connectivity index (χ1n) is 10.7. The Hall–Kier alpha value is -3.34. The van der Waals surface area contributed by atoms with Crippen LogP contribution in [0.15, 0.2) is 29.1 Å². The summed E-state index contributed by atoms with van der Waals surface area (Å²) in [5.74, 6) is -1.25. The van der Waals surface area contributed by atoms with Crippen molar-refractivity contribution in [3.63, 3.8) is 0 Å². The zero-order valence-corrected chi connectivity index (χ0v) is 20.2. The number of ether oxygens (including phenoxy) is 1. The highest BCUT2D eigenvalue weighted by atomic mass is 35.5. The van der Waals surface area contributed by atoms with Crippen LogP contribution in [-0.2, 0) is 4.74 Å². The number of piperidine rings is 1. The van der Waals surface area contributed by atoms with Gasteiger partial charge in [0, 0.05) is 24.7 Å². The van der Waals surface area contributed by atoms with Gasteiger partial charge < -0.3 is 15.0 Å². The Labute approximate surface area is 201 Å². The molecule has 1 fully saturated rings. The minimum absolute atomic E-state index is 0.0153. The molecule has 2 heterocycles. The number of aromatic amines is 1. The first-order chi connectivity index (χ1) is 15.8. The number of halogens is 2. The molecule has 184 valence electrons. The number of alkyl carbamates (subject to hydrolysis) is 1. The Morgan fingerprint density at radius 2 is 1.94 bits per heavy atom. The second-order valence-electron chi connectivity index (χ2n) is 9.31. The summed E-state index contributed by atoms with van der Waals surface area (Å²) in [6.07, 6.45) is 0.735. The Morgan fingerprint density at radius 3 is 2.59 bits per heavy atom. The molecule has 0 unspecified atom stereocenters.